The maximum absolute atomic E-state index is 13.4. The topological polar surface area (TPSA) is 135 Å². The second kappa shape index (κ2) is 14.2. The van der Waals surface area contributed by atoms with Gasteiger partial charge in [0.15, 0.2) is 0 Å². The van der Waals surface area contributed by atoms with Crippen LogP contribution < -0.4 is 21.2 Å². The molecule has 4 aromatic heterocycles. The van der Waals surface area contributed by atoms with Crippen LogP contribution in [0.25, 0.3) is 22.1 Å². The minimum Gasteiger partial charge on any atom is -0.368 e. The molecule has 2 N–H and O–H groups in total. The lowest BCUT2D eigenvalue weighted by molar-refractivity contribution is -0.121. The third kappa shape index (κ3) is 6.24. The van der Waals surface area contributed by atoms with Crippen molar-refractivity contribution in [1.29, 1.82) is 0 Å². The summed E-state index contributed by atoms with van der Waals surface area (Å²) in [5.74, 6) is 1.49. The summed E-state index contributed by atoms with van der Waals surface area (Å²) in [6.07, 6.45) is 12.1. The zero-order valence-corrected chi connectivity index (χ0v) is 30.3. The van der Waals surface area contributed by atoms with Crippen LogP contribution in [0, 0.1) is 6.92 Å². The van der Waals surface area contributed by atoms with Crippen molar-refractivity contribution in [2.45, 2.75) is 82.3 Å². The Labute approximate surface area is 303 Å². The molecule has 5 heterocycles. The molecule has 3 fully saturated rings. The van der Waals surface area contributed by atoms with E-state index < -0.39 is 6.04 Å². The molecule has 1 aliphatic heterocycles. The molecular formula is C39H48N10O3. The number of amides is 1. The number of imidazole rings is 1. The summed E-state index contributed by atoms with van der Waals surface area (Å²) in [5, 5.41) is 6.99. The number of carbonyl (C=O) groups is 2. The lowest BCUT2D eigenvalue weighted by Crippen LogP contribution is -2.53. The first-order chi connectivity index (χ1) is 25.3. The van der Waals surface area contributed by atoms with E-state index in [2.05, 4.69) is 55.1 Å². The molecule has 52 heavy (non-hydrogen) atoms. The molecule has 1 unspecified atom stereocenters. The summed E-state index contributed by atoms with van der Waals surface area (Å²) < 4.78 is 5.62. The lowest BCUT2D eigenvalue weighted by atomic mass is 9.74. The van der Waals surface area contributed by atoms with Crippen LogP contribution in [-0.4, -0.2) is 85.0 Å². The number of nitrogens with one attached hydrogen (secondary N) is 2. The Hall–Kier alpha value is -5.04. The Morgan fingerprint density at radius 1 is 1.02 bits per heavy atom. The number of rotatable bonds is 11. The summed E-state index contributed by atoms with van der Waals surface area (Å²) >= 11 is 0. The van der Waals surface area contributed by atoms with Crippen molar-refractivity contribution in [1.82, 2.24) is 38.9 Å². The Kier molecular flexibility index (Phi) is 9.29. The molecule has 13 nitrogen and oxygen atoms in total. The molecule has 1 amide bonds. The number of para-hydroxylation sites is 1. The number of benzene rings is 1. The Morgan fingerprint density at radius 2 is 1.81 bits per heavy atom. The minimum absolute atomic E-state index is 0.149. The normalized spacial score (nSPS) is 20.3. The van der Waals surface area contributed by atoms with Gasteiger partial charge in [-0.05, 0) is 74.8 Å². The number of aryl methyl sites for hydroxylation is 2. The zero-order valence-electron chi connectivity index (χ0n) is 30.3. The van der Waals surface area contributed by atoms with Crippen molar-refractivity contribution >= 4 is 51.7 Å². The van der Waals surface area contributed by atoms with E-state index in [1.807, 2.05) is 30.6 Å². The van der Waals surface area contributed by atoms with E-state index in [1.165, 1.54) is 31.4 Å². The first kappa shape index (κ1) is 34.1. The molecule has 2 saturated carbocycles. The van der Waals surface area contributed by atoms with E-state index in [0.29, 0.717) is 23.9 Å². The number of aldehydes is 1. The second-order valence-corrected chi connectivity index (χ2v) is 14.8. The highest BCUT2D eigenvalue weighted by Crippen LogP contribution is 2.43. The Balaban J connectivity index is 0.876. The fourth-order valence-corrected chi connectivity index (χ4v) is 8.85. The molecule has 5 aromatic rings. The maximum Gasteiger partial charge on any atom is 0.329 e. The van der Waals surface area contributed by atoms with Crippen LogP contribution in [0.5, 0.6) is 0 Å². The molecular weight excluding hydrogens is 656 g/mol. The van der Waals surface area contributed by atoms with Crippen LogP contribution in [-0.2, 0) is 16.6 Å². The van der Waals surface area contributed by atoms with E-state index in [0.717, 1.165) is 84.4 Å². The number of pyridine rings is 1. The molecule has 13 heteroatoms. The Morgan fingerprint density at radius 3 is 2.52 bits per heavy atom. The largest absolute Gasteiger partial charge is 0.368 e. The van der Waals surface area contributed by atoms with Crippen LogP contribution >= 0.6 is 0 Å². The summed E-state index contributed by atoms with van der Waals surface area (Å²) in [7, 11) is 3.35. The first-order valence-electron chi connectivity index (χ1n) is 18.7. The molecule has 0 bridgehead atoms. The van der Waals surface area contributed by atoms with E-state index in [4.69, 9.17) is 9.97 Å². The van der Waals surface area contributed by atoms with Gasteiger partial charge in [-0.15, -0.1) is 0 Å². The fourth-order valence-electron chi connectivity index (χ4n) is 8.85. The smallest absolute Gasteiger partial charge is 0.329 e. The molecule has 0 spiro atoms. The number of nitrogens with zero attached hydrogens (tertiary/aromatic N) is 8. The third-order valence-electron chi connectivity index (χ3n) is 11.8. The van der Waals surface area contributed by atoms with Crippen molar-refractivity contribution in [2.75, 3.05) is 43.4 Å². The van der Waals surface area contributed by atoms with Crippen LogP contribution in [0.3, 0.4) is 0 Å². The van der Waals surface area contributed by atoms with Gasteiger partial charge in [-0.2, -0.15) is 4.98 Å². The molecule has 272 valence electrons. The van der Waals surface area contributed by atoms with Crippen molar-refractivity contribution in [3.8, 4) is 0 Å². The highest BCUT2D eigenvalue weighted by atomic mass is 16.2. The highest BCUT2D eigenvalue weighted by Gasteiger charge is 2.37. The van der Waals surface area contributed by atoms with Gasteiger partial charge in [-0.3, -0.25) is 18.8 Å². The van der Waals surface area contributed by atoms with Gasteiger partial charge in [-0.1, -0.05) is 25.0 Å². The quantitative estimate of drug-likeness (QED) is 0.183. The molecule has 0 radical (unpaired) electrons. The summed E-state index contributed by atoms with van der Waals surface area (Å²) in [6, 6.07) is 12.7. The van der Waals surface area contributed by atoms with Crippen LogP contribution in [0.2, 0.25) is 0 Å². The predicted octanol–water partition coefficient (Wildman–Crippen LogP) is 4.98. The molecule has 2 aliphatic carbocycles. The van der Waals surface area contributed by atoms with Crippen molar-refractivity contribution in [3.63, 3.8) is 0 Å². The monoisotopic (exact) mass is 704 g/mol. The zero-order chi connectivity index (χ0) is 35.9. The number of hydrogen-bond donors (Lipinski definition) is 2. The van der Waals surface area contributed by atoms with Crippen molar-refractivity contribution in [3.05, 3.63) is 70.5 Å². The van der Waals surface area contributed by atoms with Crippen molar-refractivity contribution < 1.29 is 9.59 Å². The average molecular weight is 705 g/mol. The summed E-state index contributed by atoms with van der Waals surface area (Å²) in [6.45, 7) is 5.99. The van der Waals surface area contributed by atoms with Gasteiger partial charge in [-0.25, -0.2) is 14.8 Å². The lowest BCUT2D eigenvalue weighted by Gasteiger charge is -2.47. The summed E-state index contributed by atoms with van der Waals surface area (Å²) in [5.41, 5.74) is 5.92. The molecule has 1 atom stereocenters. The van der Waals surface area contributed by atoms with Gasteiger partial charge < -0.3 is 24.9 Å². The van der Waals surface area contributed by atoms with Gasteiger partial charge in [0.25, 0.3) is 0 Å². The fraction of sp³-hybridized carbons (Fsp3) is 0.487. The highest BCUT2D eigenvalue weighted by molar-refractivity contribution is 5.82. The van der Waals surface area contributed by atoms with Crippen LogP contribution in [0.4, 0.5) is 17.5 Å². The van der Waals surface area contributed by atoms with Crippen molar-refractivity contribution in [2.24, 2.45) is 7.05 Å². The molecule has 3 aliphatic rings. The van der Waals surface area contributed by atoms with Gasteiger partial charge in [0.05, 0.1) is 29.0 Å². The number of hydrogen-bond acceptors (Lipinski definition) is 9. The van der Waals surface area contributed by atoms with E-state index in [1.54, 1.807) is 23.2 Å². The molecule has 1 aromatic carbocycles. The van der Waals surface area contributed by atoms with E-state index >= 15 is 0 Å². The van der Waals surface area contributed by atoms with E-state index in [-0.39, 0.29) is 24.4 Å². The molecule has 1 saturated heterocycles. The number of fused-ring (bicyclic) bond motifs is 2. The predicted molar refractivity (Wildman–Crippen MR) is 202 cm³/mol. The van der Waals surface area contributed by atoms with Crippen LogP contribution in [0.1, 0.15) is 80.6 Å². The number of piperazine rings is 1. The van der Waals surface area contributed by atoms with Gasteiger partial charge in [0.2, 0.25) is 11.9 Å². The van der Waals surface area contributed by atoms with E-state index in [9.17, 15) is 14.4 Å². The second-order valence-electron chi connectivity index (χ2n) is 14.8. The minimum atomic E-state index is -0.690. The summed E-state index contributed by atoms with van der Waals surface area (Å²) in [4.78, 5) is 56.5. The first-order valence-corrected chi connectivity index (χ1v) is 18.7. The number of carbonyl (C=O) groups excluding carboxylic acids is 2. The average Bonchev–Trinajstić information content (AvgIpc) is 3.85. The SMILES string of the molecule is CNC(=O)CCC(C=O)n1c(=O)n(C)c2c(C3CC(N4CCN(c5ccc(Nc6ncc7cc(C)n(C8CCCC8)c7n6)nc5)CC4)C3)cccc21. The van der Waals surface area contributed by atoms with Gasteiger partial charge >= 0.3 is 5.69 Å². The molecule has 8 rings (SSSR count). The van der Waals surface area contributed by atoms with Gasteiger partial charge in [0.1, 0.15) is 17.8 Å². The number of aromatic nitrogens is 6. The maximum atomic E-state index is 13.4. The number of anilines is 3. The standard InChI is InChI=1S/C39H48N10O3/c1-25-19-27-22-42-38(44-37(27)48(25)28-7-4-5-8-28)43-34-13-11-29(23-41-34)46-15-17-47(18-16-46)31-20-26(21-31)32-9-6-10-33-36(32)45(3)39(52)49(33)30(24-50)12-14-35(51)40-2/h6,9-11,13,19,22-24,26,28,30-31H,4-5,7-8,12,14-18,20-21H2,1-3H3,(H,40,51)(H,41,42,43,44). The Bertz CT molecular complexity index is 2150. The van der Waals surface area contributed by atoms with Crippen LogP contribution in [0.15, 0.2) is 53.6 Å². The van der Waals surface area contributed by atoms with Gasteiger partial charge in [0, 0.05) is 76.1 Å². The third-order valence-corrected chi connectivity index (χ3v) is 11.8.